The summed E-state index contributed by atoms with van der Waals surface area (Å²) in [6.45, 7) is 0. The highest BCUT2D eigenvalue weighted by molar-refractivity contribution is 7.98. The van der Waals surface area contributed by atoms with E-state index in [1.165, 1.54) is 4.90 Å². The molecule has 138 valence electrons. The lowest BCUT2D eigenvalue weighted by atomic mass is 10.1. The fourth-order valence-electron chi connectivity index (χ4n) is 3.23. The van der Waals surface area contributed by atoms with Crippen LogP contribution in [0, 0.1) is 0 Å². The number of carbonyl (C=O) groups excluding carboxylic acids is 1. The van der Waals surface area contributed by atoms with Crippen molar-refractivity contribution in [3.8, 4) is 22.8 Å². The lowest BCUT2D eigenvalue weighted by Crippen LogP contribution is -2.15. The van der Waals surface area contributed by atoms with Gasteiger partial charge in [-0.2, -0.15) is 5.10 Å². The second-order valence-electron chi connectivity index (χ2n) is 6.14. The first-order valence-electron chi connectivity index (χ1n) is 8.43. The summed E-state index contributed by atoms with van der Waals surface area (Å²) in [4.78, 5) is 14.1. The van der Waals surface area contributed by atoms with E-state index in [0.29, 0.717) is 28.6 Å². The van der Waals surface area contributed by atoms with E-state index in [1.54, 1.807) is 48.9 Å². The van der Waals surface area contributed by atoms with Gasteiger partial charge in [0.1, 0.15) is 11.5 Å². The molecule has 2 heterocycles. The molecule has 1 aromatic heterocycles. The normalized spacial score (nSPS) is 12.1. The van der Waals surface area contributed by atoms with Gasteiger partial charge in [-0.15, -0.1) is 11.8 Å². The second kappa shape index (κ2) is 7.00. The molecule has 0 aliphatic carbocycles. The number of methoxy groups -OCH3 is 2. The first kappa shape index (κ1) is 17.5. The largest absolute Gasteiger partial charge is 0.497 e. The predicted molar refractivity (Wildman–Crippen MR) is 106 cm³/mol. The fourth-order valence-corrected chi connectivity index (χ4v) is 4.30. The van der Waals surface area contributed by atoms with Crippen molar-refractivity contribution < 1.29 is 14.3 Å². The molecule has 2 aromatic carbocycles. The molecule has 4 rings (SSSR count). The van der Waals surface area contributed by atoms with Crippen molar-refractivity contribution in [2.45, 2.75) is 10.6 Å². The van der Waals surface area contributed by atoms with Crippen molar-refractivity contribution in [3.05, 3.63) is 53.7 Å². The van der Waals surface area contributed by atoms with E-state index in [2.05, 4.69) is 22.5 Å². The van der Waals surface area contributed by atoms with E-state index in [-0.39, 0.29) is 5.91 Å². The number of carbonyl (C=O) groups is 1. The maximum atomic E-state index is 12.9. The lowest BCUT2D eigenvalue weighted by molar-refractivity contribution is 0.102. The Labute approximate surface area is 161 Å². The molecule has 6 nitrogen and oxygen atoms in total. The minimum atomic E-state index is -0.248. The van der Waals surface area contributed by atoms with Crippen molar-refractivity contribution in [3.63, 3.8) is 0 Å². The van der Waals surface area contributed by atoms with Crippen molar-refractivity contribution in [2.24, 2.45) is 7.05 Å². The number of fused-ring (bicyclic) bond motifs is 3. The Morgan fingerprint density at radius 1 is 1.15 bits per heavy atom. The van der Waals surface area contributed by atoms with Crippen molar-refractivity contribution in [1.29, 1.82) is 0 Å². The molecule has 0 bridgehead atoms. The fraction of sp³-hybridized carbons (Fsp3) is 0.200. The Balaban J connectivity index is 1.69. The van der Waals surface area contributed by atoms with Gasteiger partial charge in [-0.05, 0) is 6.07 Å². The average molecular weight is 381 g/mol. The minimum absolute atomic E-state index is 0.248. The second-order valence-corrected chi connectivity index (χ2v) is 7.16. The third-order valence-corrected chi connectivity index (χ3v) is 5.58. The van der Waals surface area contributed by atoms with Crippen LogP contribution in [0.1, 0.15) is 16.1 Å². The topological polar surface area (TPSA) is 65.4 Å². The molecular weight excluding hydrogens is 362 g/mol. The van der Waals surface area contributed by atoms with Crippen LogP contribution in [0.5, 0.6) is 11.5 Å². The summed E-state index contributed by atoms with van der Waals surface area (Å²) in [6.07, 6.45) is 0. The molecule has 1 aliphatic rings. The summed E-state index contributed by atoms with van der Waals surface area (Å²) >= 11 is 1.72. The van der Waals surface area contributed by atoms with Gasteiger partial charge in [0.05, 0.1) is 19.9 Å². The summed E-state index contributed by atoms with van der Waals surface area (Å²) in [7, 11) is 5.02. The van der Waals surface area contributed by atoms with E-state index in [0.717, 1.165) is 16.8 Å². The number of hydrogen-bond acceptors (Lipinski definition) is 5. The standard InChI is InChI=1S/C20H19N3O3S/c1-23-19-15-6-4-5-7-17(15)27-11-16(19)18(22-23)20(24)21-12-8-13(25-2)10-14(9-12)26-3/h4-10H,11H2,1-3H3,(H,21,24). The van der Waals surface area contributed by atoms with E-state index >= 15 is 0 Å². The van der Waals surface area contributed by atoms with Crippen molar-refractivity contribution in [2.75, 3.05) is 19.5 Å². The number of nitrogens with zero attached hydrogens (tertiary/aromatic N) is 2. The van der Waals surface area contributed by atoms with Crippen LogP contribution in [0.4, 0.5) is 5.69 Å². The van der Waals surface area contributed by atoms with Crippen molar-refractivity contribution in [1.82, 2.24) is 9.78 Å². The summed E-state index contributed by atoms with van der Waals surface area (Å²) in [6, 6.07) is 13.4. The Hall–Kier alpha value is -2.93. The third-order valence-electron chi connectivity index (χ3n) is 4.48. The Bertz CT molecular complexity index is 1010. The van der Waals surface area contributed by atoms with Crippen LogP contribution >= 0.6 is 11.8 Å². The highest BCUT2D eigenvalue weighted by Gasteiger charge is 2.27. The number of amides is 1. The molecule has 1 aliphatic heterocycles. The smallest absolute Gasteiger partial charge is 0.276 e. The molecule has 0 saturated heterocycles. The molecule has 0 saturated carbocycles. The van der Waals surface area contributed by atoms with Gasteiger partial charge in [0.15, 0.2) is 5.69 Å². The van der Waals surface area contributed by atoms with Gasteiger partial charge in [0.2, 0.25) is 0 Å². The van der Waals surface area contributed by atoms with Crippen LogP contribution in [-0.2, 0) is 12.8 Å². The molecule has 0 spiro atoms. The van der Waals surface area contributed by atoms with Gasteiger partial charge in [0, 0.05) is 52.7 Å². The number of anilines is 1. The SMILES string of the molecule is COc1cc(NC(=O)c2nn(C)c3c2CSc2ccccc2-3)cc(OC)c1. The molecule has 0 fully saturated rings. The number of rotatable bonds is 4. The molecule has 7 heteroatoms. The maximum Gasteiger partial charge on any atom is 0.276 e. The number of ether oxygens (including phenoxy) is 2. The van der Waals surface area contributed by atoms with E-state index in [9.17, 15) is 4.79 Å². The van der Waals surface area contributed by atoms with Crippen LogP contribution in [0.3, 0.4) is 0 Å². The van der Waals surface area contributed by atoms with E-state index in [4.69, 9.17) is 9.47 Å². The van der Waals surface area contributed by atoms with Crippen LogP contribution in [-0.4, -0.2) is 29.9 Å². The Morgan fingerprint density at radius 3 is 2.56 bits per heavy atom. The van der Waals surface area contributed by atoms with Crippen LogP contribution in [0.15, 0.2) is 47.4 Å². The first-order chi connectivity index (χ1) is 13.1. The predicted octanol–water partition coefficient (Wildman–Crippen LogP) is 3.96. The molecular formula is C20H19N3O3S. The highest BCUT2D eigenvalue weighted by Crippen LogP contribution is 2.42. The lowest BCUT2D eigenvalue weighted by Gasteiger charge is -2.17. The molecule has 0 atom stereocenters. The first-order valence-corrected chi connectivity index (χ1v) is 9.41. The summed E-state index contributed by atoms with van der Waals surface area (Å²) < 4.78 is 12.3. The van der Waals surface area contributed by atoms with Gasteiger partial charge < -0.3 is 14.8 Å². The van der Waals surface area contributed by atoms with Crippen LogP contribution in [0.2, 0.25) is 0 Å². The van der Waals surface area contributed by atoms with Gasteiger partial charge in [-0.3, -0.25) is 9.48 Å². The zero-order chi connectivity index (χ0) is 19.0. The number of thioether (sulfide) groups is 1. The Morgan fingerprint density at radius 2 is 1.85 bits per heavy atom. The van der Waals surface area contributed by atoms with Gasteiger partial charge in [-0.1, -0.05) is 18.2 Å². The highest BCUT2D eigenvalue weighted by atomic mass is 32.2. The third kappa shape index (κ3) is 3.14. The zero-order valence-corrected chi connectivity index (χ0v) is 16.1. The number of benzene rings is 2. The van der Waals surface area contributed by atoms with E-state index < -0.39 is 0 Å². The molecule has 0 radical (unpaired) electrons. The molecule has 1 N–H and O–H groups in total. The van der Waals surface area contributed by atoms with Gasteiger partial charge >= 0.3 is 0 Å². The Kier molecular flexibility index (Phi) is 4.53. The number of hydrogen-bond donors (Lipinski definition) is 1. The monoisotopic (exact) mass is 381 g/mol. The van der Waals surface area contributed by atoms with Crippen molar-refractivity contribution >= 4 is 23.4 Å². The minimum Gasteiger partial charge on any atom is -0.497 e. The quantitative estimate of drug-likeness (QED) is 0.741. The molecule has 1 amide bonds. The van der Waals surface area contributed by atoms with Gasteiger partial charge in [-0.25, -0.2) is 0 Å². The zero-order valence-electron chi connectivity index (χ0n) is 15.3. The number of nitrogens with one attached hydrogen (secondary N) is 1. The summed E-state index contributed by atoms with van der Waals surface area (Å²) in [5, 5.41) is 7.41. The van der Waals surface area contributed by atoms with Crippen LogP contribution in [0.25, 0.3) is 11.3 Å². The maximum absolute atomic E-state index is 12.9. The number of aromatic nitrogens is 2. The molecule has 0 unspecified atom stereocenters. The molecule has 3 aromatic rings. The number of aryl methyl sites for hydroxylation is 1. The van der Waals surface area contributed by atoms with Gasteiger partial charge in [0.25, 0.3) is 5.91 Å². The summed E-state index contributed by atoms with van der Waals surface area (Å²) in [5.74, 6) is 1.68. The van der Waals surface area contributed by atoms with Crippen LogP contribution < -0.4 is 14.8 Å². The summed E-state index contributed by atoms with van der Waals surface area (Å²) in [5.41, 5.74) is 4.10. The molecule has 27 heavy (non-hydrogen) atoms. The average Bonchev–Trinajstić information content (AvgIpc) is 3.04. The van der Waals surface area contributed by atoms with E-state index in [1.807, 2.05) is 19.2 Å².